The Kier molecular flexibility index (Phi) is 5.12. The number of carbonyl (C=O) groups excluding carboxylic acids is 4. The molecule has 1 aliphatic heterocycles. The lowest BCUT2D eigenvalue weighted by Gasteiger charge is -2.19. The van der Waals surface area contributed by atoms with Gasteiger partial charge in [0.25, 0.3) is 0 Å². The van der Waals surface area contributed by atoms with Crippen molar-refractivity contribution in [3.63, 3.8) is 0 Å². The first kappa shape index (κ1) is 21.1. The number of amides is 2. The average molecular weight is 445 g/mol. The van der Waals surface area contributed by atoms with Crippen molar-refractivity contribution in [2.45, 2.75) is 13.3 Å². The maximum atomic E-state index is 13.1. The first-order valence-electron chi connectivity index (χ1n) is 10.9. The monoisotopic (exact) mass is 445 g/mol. The first-order valence-corrected chi connectivity index (χ1v) is 10.9. The van der Waals surface area contributed by atoms with Gasteiger partial charge in [-0.3, -0.25) is 14.4 Å². The predicted molar refractivity (Wildman–Crippen MR) is 119 cm³/mol. The highest BCUT2D eigenvalue weighted by molar-refractivity contribution is 6.23. The zero-order valence-electron chi connectivity index (χ0n) is 18.3. The Bertz CT molecular complexity index is 1200. The van der Waals surface area contributed by atoms with E-state index in [2.05, 4.69) is 6.08 Å². The van der Waals surface area contributed by atoms with Crippen molar-refractivity contribution in [1.82, 2.24) is 0 Å². The van der Waals surface area contributed by atoms with Crippen LogP contribution in [0.25, 0.3) is 0 Å². The number of hydrogen-bond acceptors (Lipinski definition) is 6. The second-order valence-electron chi connectivity index (χ2n) is 8.76. The summed E-state index contributed by atoms with van der Waals surface area (Å²) in [7, 11) is 1.53. The van der Waals surface area contributed by atoms with E-state index in [0.29, 0.717) is 17.0 Å². The molecule has 0 aromatic heterocycles. The third-order valence-electron chi connectivity index (χ3n) is 6.97. The summed E-state index contributed by atoms with van der Waals surface area (Å²) in [5, 5.41) is 0. The lowest BCUT2D eigenvalue weighted by atomic mass is 9.82. The number of anilines is 1. The molecule has 5 rings (SSSR count). The van der Waals surface area contributed by atoms with Crippen molar-refractivity contribution in [2.75, 3.05) is 18.6 Å². The minimum absolute atomic E-state index is 0.110. The lowest BCUT2D eigenvalue weighted by molar-refractivity contribution is -0.123. The standard InChI is InChI=1S/C26H23NO6/c1-14-10-17-12-20(14)23-22(17)24(29)27(25(23)30)18-5-3-4-16(11-18)26(31)33-13-21(28)15-6-8-19(32-2)9-7-15/h3-11,17,20,22-23H,12-13H2,1-2H3/t17-,20+,22+,23-/m0/s1. The minimum atomic E-state index is -0.699. The highest BCUT2D eigenvalue weighted by Gasteiger charge is 2.60. The number of esters is 1. The number of fused-ring (bicyclic) bond motifs is 5. The van der Waals surface area contributed by atoms with Gasteiger partial charge in [0.05, 0.1) is 30.2 Å². The number of ether oxygens (including phenoxy) is 2. The Morgan fingerprint density at radius 2 is 1.73 bits per heavy atom. The van der Waals surface area contributed by atoms with E-state index in [-0.39, 0.29) is 46.8 Å². The fraction of sp³-hybridized carbons (Fsp3) is 0.308. The molecule has 3 aliphatic rings. The van der Waals surface area contributed by atoms with Gasteiger partial charge in [-0.1, -0.05) is 17.7 Å². The Morgan fingerprint density at radius 3 is 2.45 bits per heavy atom. The normalized spacial score (nSPS) is 25.2. The van der Waals surface area contributed by atoms with Crippen LogP contribution in [0.4, 0.5) is 5.69 Å². The Balaban J connectivity index is 1.28. The third kappa shape index (κ3) is 3.44. The van der Waals surface area contributed by atoms with E-state index in [4.69, 9.17) is 9.47 Å². The summed E-state index contributed by atoms with van der Waals surface area (Å²) in [5.41, 5.74) is 2.11. The number of ketones is 1. The molecule has 1 heterocycles. The van der Waals surface area contributed by atoms with Crippen molar-refractivity contribution in [3.05, 3.63) is 71.3 Å². The molecule has 0 N–H and O–H groups in total. The number of hydrogen-bond donors (Lipinski definition) is 0. The van der Waals surface area contributed by atoms with Gasteiger partial charge in [0.1, 0.15) is 5.75 Å². The van der Waals surface area contributed by atoms with Crippen molar-refractivity contribution in [3.8, 4) is 5.75 Å². The molecule has 168 valence electrons. The fourth-order valence-corrected chi connectivity index (χ4v) is 5.38. The molecule has 0 spiro atoms. The number of methoxy groups -OCH3 is 1. The number of benzene rings is 2. The maximum absolute atomic E-state index is 13.1. The second-order valence-corrected chi connectivity index (χ2v) is 8.76. The van der Waals surface area contributed by atoms with Crippen LogP contribution in [0.5, 0.6) is 5.75 Å². The molecule has 0 unspecified atom stereocenters. The largest absolute Gasteiger partial charge is 0.497 e. The van der Waals surface area contributed by atoms with Gasteiger partial charge in [0, 0.05) is 5.56 Å². The number of rotatable bonds is 6. The second kappa shape index (κ2) is 7.99. The Hall–Kier alpha value is -3.74. The van der Waals surface area contributed by atoms with Gasteiger partial charge in [-0.15, -0.1) is 0 Å². The van der Waals surface area contributed by atoms with Crippen LogP contribution in [-0.4, -0.2) is 37.3 Å². The highest BCUT2D eigenvalue weighted by Crippen LogP contribution is 2.55. The van der Waals surface area contributed by atoms with Crippen LogP contribution < -0.4 is 9.64 Å². The number of nitrogens with zero attached hydrogens (tertiary/aromatic N) is 1. The molecular formula is C26H23NO6. The van der Waals surface area contributed by atoms with E-state index in [1.54, 1.807) is 36.4 Å². The number of allylic oxidation sites excluding steroid dienone is 2. The lowest BCUT2D eigenvalue weighted by Crippen LogP contribution is -2.33. The molecular weight excluding hydrogens is 422 g/mol. The zero-order valence-corrected chi connectivity index (χ0v) is 18.3. The van der Waals surface area contributed by atoms with Crippen molar-refractivity contribution >= 4 is 29.3 Å². The van der Waals surface area contributed by atoms with Crippen LogP contribution in [0.2, 0.25) is 0 Å². The highest BCUT2D eigenvalue weighted by atomic mass is 16.5. The molecule has 4 atom stereocenters. The summed E-state index contributed by atoms with van der Waals surface area (Å²) in [4.78, 5) is 52.3. The molecule has 2 aromatic rings. The summed E-state index contributed by atoms with van der Waals surface area (Å²) >= 11 is 0. The van der Waals surface area contributed by atoms with Crippen molar-refractivity contribution in [2.24, 2.45) is 23.7 Å². The summed E-state index contributed by atoms with van der Waals surface area (Å²) < 4.78 is 10.3. The number of carbonyl (C=O) groups is 4. The van der Waals surface area contributed by atoms with E-state index in [1.165, 1.54) is 29.7 Å². The third-order valence-corrected chi connectivity index (χ3v) is 6.97. The van der Waals surface area contributed by atoms with E-state index < -0.39 is 12.6 Å². The Morgan fingerprint density at radius 1 is 1.00 bits per heavy atom. The molecule has 2 amide bonds. The molecule has 7 heteroatoms. The smallest absolute Gasteiger partial charge is 0.338 e. The van der Waals surface area contributed by atoms with Gasteiger partial charge in [0.2, 0.25) is 11.8 Å². The molecule has 2 fully saturated rings. The predicted octanol–water partition coefficient (Wildman–Crippen LogP) is 3.44. The van der Waals surface area contributed by atoms with Gasteiger partial charge in [-0.25, -0.2) is 9.69 Å². The van der Waals surface area contributed by atoms with Gasteiger partial charge >= 0.3 is 5.97 Å². The van der Waals surface area contributed by atoms with Crippen LogP contribution in [0, 0.1) is 23.7 Å². The quantitative estimate of drug-likeness (QED) is 0.293. The summed E-state index contributed by atoms with van der Waals surface area (Å²) in [6.07, 6.45) is 2.98. The number of imide groups is 1. The zero-order chi connectivity index (χ0) is 23.3. The molecule has 0 radical (unpaired) electrons. The maximum Gasteiger partial charge on any atom is 0.338 e. The topological polar surface area (TPSA) is 90.0 Å². The van der Waals surface area contributed by atoms with Crippen LogP contribution in [0.1, 0.15) is 34.1 Å². The molecule has 2 bridgehead atoms. The van der Waals surface area contributed by atoms with Gasteiger partial charge in [0.15, 0.2) is 12.4 Å². The summed E-state index contributed by atoms with van der Waals surface area (Å²) in [6.45, 7) is 1.60. The SMILES string of the molecule is COc1ccc(C(=O)COC(=O)c2cccc(N3C(=O)[C@@H]4[C@H](C3=O)[C@H]3C=C(C)[C@H]4C3)c2)cc1. The molecule has 2 aliphatic carbocycles. The van der Waals surface area contributed by atoms with Gasteiger partial charge < -0.3 is 9.47 Å². The molecule has 33 heavy (non-hydrogen) atoms. The number of Topliss-reactive ketones (excluding diaryl/α,β-unsaturated/α-hetero) is 1. The average Bonchev–Trinajstić information content (AvgIpc) is 3.47. The molecule has 1 saturated heterocycles. The molecule has 1 saturated carbocycles. The van der Waals surface area contributed by atoms with Crippen LogP contribution in [0.3, 0.4) is 0 Å². The van der Waals surface area contributed by atoms with Gasteiger partial charge in [-0.05, 0) is 67.6 Å². The fourth-order valence-electron chi connectivity index (χ4n) is 5.38. The van der Waals surface area contributed by atoms with E-state index in [9.17, 15) is 19.2 Å². The van der Waals surface area contributed by atoms with Crippen molar-refractivity contribution < 1.29 is 28.7 Å². The summed E-state index contributed by atoms with van der Waals surface area (Å²) in [5.74, 6) is -1.24. The van der Waals surface area contributed by atoms with Crippen LogP contribution in [-0.2, 0) is 14.3 Å². The Labute approximate surface area is 191 Å². The van der Waals surface area contributed by atoms with Crippen LogP contribution >= 0.6 is 0 Å². The van der Waals surface area contributed by atoms with Crippen LogP contribution in [0.15, 0.2) is 60.2 Å². The molecule has 2 aromatic carbocycles. The van der Waals surface area contributed by atoms with Crippen molar-refractivity contribution in [1.29, 1.82) is 0 Å². The van der Waals surface area contributed by atoms with Gasteiger partial charge in [-0.2, -0.15) is 0 Å². The summed E-state index contributed by atoms with van der Waals surface area (Å²) in [6, 6.07) is 12.7. The molecule has 7 nitrogen and oxygen atoms in total. The van der Waals surface area contributed by atoms with E-state index in [1.807, 2.05) is 6.92 Å². The first-order chi connectivity index (χ1) is 15.9. The van der Waals surface area contributed by atoms with E-state index in [0.717, 1.165) is 6.42 Å². The minimum Gasteiger partial charge on any atom is -0.497 e. The van der Waals surface area contributed by atoms with E-state index >= 15 is 0 Å².